The Morgan fingerprint density at radius 3 is 2.00 bits per heavy atom. The molecule has 0 aliphatic heterocycles. The fourth-order valence-electron chi connectivity index (χ4n) is 2.67. The van der Waals surface area contributed by atoms with Crippen molar-refractivity contribution in [3.63, 3.8) is 0 Å². The van der Waals surface area contributed by atoms with E-state index in [2.05, 4.69) is 41.4 Å². The van der Waals surface area contributed by atoms with Crippen molar-refractivity contribution in [1.82, 2.24) is 9.97 Å². The molecule has 2 aromatic heterocycles. The van der Waals surface area contributed by atoms with Gasteiger partial charge in [0.1, 0.15) is 5.01 Å². The fraction of sp³-hybridized carbons (Fsp3) is 0.0476. The van der Waals surface area contributed by atoms with E-state index in [1.165, 1.54) is 10.4 Å². The third-order valence-electron chi connectivity index (χ3n) is 3.82. The monoisotopic (exact) mass is 328 g/mol. The lowest BCUT2D eigenvalue weighted by molar-refractivity contribution is 1.19. The van der Waals surface area contributed by atoms with Crippen LogP contribution in [-0.2, 0) is 0 Å². The van der Waals surface area contributed by atoms with Crippen LogP contribution >= 0.6 is 11.3 Å². The zero-order valence-corrected chi connectivity index (χ0v) is 14.1. The molecule has 2 heterocycles. The molecule has 0 bridgehead atoms. The van der Waals surface area contributed by atoms with Gasteiger partial charge in [-0.3, -0.25) is 4.98 Å². The number of nitrogens with zero attached hydrogens (tertiary/aromatic N) is 2. The van der Waals surface area contributed by atoms with Gasteiger partial charge in [-0.25, -0.2) is 4.98 Å². The van der Waals surface area contributed by atoms with Gasteiger partial charge < -0.3 is 0 Å². The van der Waals surface area contributed by atoms with Crippen molar-refractivity contribution in [2.75, 3.05) is 0 Å². The number of rotatable bonds is 3. The molecule has 0 fully saturated rings. The van der Waals surface area contributed by atoms with Gasteiger partial charge in [-0.2, -0.15) is 0 Å². The van der Waals surface area contributed by atoms with Gasteiger partial charge in [0.15, 0.2) is 0 Å². The Balaban J connectivity index is 1.91. The molecule has 3 heteroatoms. The third-order valence-corrected chi connectivity index (χ3v) is 4.94. The van der Waals surface area contributed by atoms with Crippen molar-refractivity contribution < 1.29 is 0 Å². The van der Waals surface area contributed by atoms with E-state index < -0.39 is 0 Å². The Hall–Kier alpha value is -2.78. The summed E-state index contributed by atoms with van der Waals surface area (Å²) in [5.41, 5.74) is 5.27. The zero-order valence-electron chi connectivity index (χ0n) is 13.3. The van der Waals surface area contributed by atoms with E-state index in [9.17, 15) is 0 Å². The summed E-state index contributed by atoms with van der Waals surface area (Å²) in [5, 5.41) is 0.955. The minimum absolute atomic E-state index is 0.930. The van der Waals surface area contributed by atoms with Crippen LogP contribution in [0.4, 0.5) is 0 Å². The quantitative estimate of drug-likeness (QED) is 0.471. The average Bonchev–Trinajstić information content (AvgIpc) is 3.09. The van der Waals surface area contributed by atoms with Gasteiger partial charge in [0.2, 0.25) is 0 Å². The lowest BCUT2D eigenvalue weighted by Crippen LogP contribution is -1.86. The molecule has 0 amide bonds. The molecule has 116 valence electrons. The predicted octanol–water partition coefficient (Wildman–Crippen LogP) is 5.85. The Morgan fingerprint density at radius 2 is 1.33 bits per heavy atom. The van der Waals surface area contributed by atoms with Crippen LogP contribution in [0, 0.1) is 6.92 Å². The summed E-state index contributed by atoms with van der Waals surface area (Å²) in [5.74, 6) is 0. The maximum atomic E-state index is 4.92. The normalized spacial score (nSPS) is 10.7. The summed E-state index contributed by atoms with van der Waals surface area (Å²) in [4.78, 5) is 10.7. The summed E-state index contributed by atoms with van der Waals surface area (Å²) in [6.45, 7) is 2.01. The summed E-state index contributed by atoms with van der Waals surface area (Å²) in [6, 6.07) is 26.8. The molecule has 4 rings (SSSR count). The second kappa shape index (κ2) is 6.38. The molecule has 0 aliphatic carbocycles. The molecule has 0 N–H and O–H groups in total. The highest BCUT2D eigenvalue weighted by atomic mass is 32.1. The number of pyridine rings is 1. The minimum Gasteiger partial charge on any atom is -0.251 e. The van der Waals surface area contributed by atoms with E-state index in [1.807, 2.05) is 49.4 Å². The summed E-state index contributed by atoms with van der Waals surface area (Å²) >= 11 is 1.70. The maximum absolute atomic E-state index is 4.92. The highest BCUT2D eigenvalue weighted by Gasteiger charge is 2.16. The third kappa shape index (κ3) is 2.86. The Kier molecular flexibility index (Phi) is 3.93. The van der Waals surface area contributed by atoms with E-state index in [-0.39, 0.29) is 0 Å². The molecule has 0 unspecified atom stereocenters. The van der Waals surface area contributed by atoms with Gasteiger partial charge in [0, 0.05) is 11.3 Å². The Morgan fingerprint density at radius 1 is 0.667 bits per heavy atom. The molecule has 0 atom stereocenters. The Labute approximate surface area is 145 Å². The lowest BCUT2D eigenvalue weighted by atomic mass is 10.1. The van der Waals surface area contributed by atoms with Crippen LogP contribution in [0.5, 0.6) is 0 Å². The maximum Gasteiger partial charge on any atom is 0.143 e. The van der Waals surface area contributed by atoms with Crippen molar-refractivity contribution in [1.29, 1.82) is 0 Å². The average molecular weight is 328 g/mol. The van der Waals surface area contributed by atoms with E-state index in [1.54, 1.807) is 11.3 Å². The summed E-state index contributed by atoms with van der Waals surface area (Å²) < 4.78 is 0. The van der Waals surface area contributed by atoms with E-state index in [4.69, 9.17) is 4.98 Å². The first-order valence-corrected chi connectivity index (χ1v) is 8.68. The first-order valence-electron chi connectivity index (χ1n) is 7.87. The number of benzene rings is 2. The van der Waals surface area contributed by atoms with Crippen molar-refractivity contribution in [2.24, 2.45) is 0 Å². The molecule has 0 aliphatic rings. The number of thiazole rings is 1. The zero-order chi connectivity index (χ0) is 16.4. The van der Waals surface area contributed by atoms with Gasteiger partial charge in [-0.05, 0) is 24.6 Å². The highest BCUT2D eigenvalue weighted by molar-refractivity contribution is 7.18. The van der Waals surface area contributed by atoms with Gasteiger partial charge in [-0.15, -0.1) is 11.3 Å². The standard InChI is InChI=1S/C21H16N2S/c1-15-9-8-14-18(22-15)21-23-19(16-10-4-2-5-11-16)20(24-21)17-12-6-3-7-13-17/h2-14H,1H3. The largest absolute Gasteiger partial charge is 0.251 e. The van der Waals surface area contributed by atoms with Crippen LogP contribution in [0.2, 0.25) is 0 Å². The van der Waals surface area contributed by atoms with Crippen molar-refractivity contribution in [3.8, 4) is 32.4 Å². The Bertz CT molecular complexity index is 903. The van der Waals surface area contributed by atoms with E-state index in [0.29, 0.717) is 0 Å². The topological polar surface area (TPSA) is 25.8 Å². The molecular formula is C21H16N2S. The summed E-state index contributed by atoms with van der Waals surface area (Å²) in [6.07, 6.45) is 0. The van der Waals surface area contributed by atoms with Crippen molar-refractivity contribution in [3.05, 3.63) is 84.6 Å². The van der Waals surface area contributed by atoms with Crippen LogP contribution in [0.25, 0.3) is 32.4 Å². The molecule has 0 radical (unpaired) electrons. The smallest absolute Gasteiger partial charge is 0.143 e. The highest BCUT2D eigenvalue weighted by Crippen LogP contribution is 2.39. The number of aryl methyl sites for hydroxylation is 1. The SMILES string of the molecule is Cc1cccc(-c2nc(-c3ccccc3)c(-c3ccccc3)s2)n1. The number of hydrogen-bond donors (Lipinski definition) is 0. The van der Waals surface area contributed by atoms with Crippen LogP contribution < -0.4 is 0 Å². The van der Waals surface area contributed by atoms with E-state index in [0.717, 1.165) is 27.7 Å². The first kappa shape index (κ1) is 14.8. The predicted molar refractivity (Wildman–Crippen MR) is 101 cm³/mol. The minimum atomic E-state index is 0.930. The fourth-order valence-corrected chi connectivity index (χ4v) is 3.73. The van der Waals surface area contributed by atoms with Crippen LogP contribution in [-0.4, -0.2) is 9.97 Å². The molecule has 0 saturated carbocycles. The summed E-state index contributed by atoms with van der Waals surface area (Å²) in [7, 11) is 0. The van der Waals surface area contributed by atoms with Gasteiger partial charge in [-0.1, -0.05) is 66.7 Å². The van der Waals surface area contributed by atoms with Gasteiger partial charge >= 0.3 is 0 Å². The second-order valence-electron chi connectivity index (χ2n) is 5.59. The number of aromatic nitrogens is 2. The first-order chi connectivity index (χ1) is 11.8. The molecule has 2 aromatic carbocycles. The molecule has 2 nitrogen and oxygen atoms in total. The molecular weight excluding hydrogens is 312 g/mol. The van der Waals surface area contributed by atoms with Gasteiger partial charge in [0.25, 0.3) is 0 Å². The van der Waals surface area contributed by atoms with Crippen molar-refractivity contribution >= 4 is 11.3 Å². The molecule has 4 aromatic rings. The molecule has 0 saturated heterocycles. The van der Waals surface area contributed by atoms with Crippen molar-refractivity contribution in [2.45, 2.75) is 6.92 Å². The van der Waals surface area contributed by atoms with Crippen LogP contribution in [0.1, 0.15) is 5.69 Å². The van der Waals surface area contributed by atoms with Crippen LogP contribution in [0.15, 0.2) is 78.9 Å². The van der Waals surface area contributed by atoms with Crippen LogP contribution in [0.3, 0.4) is 0 Å². The molecule has 24 heavy (non-hydrogen) atoms. The lowest BCUT2D eigenvalue weighted by Gasteiger charge is -2.02. The second-order valence-corrected chi connectivity index (χ2v) is 6.59. The number of hydrogen-bond acceptors (Lipinski definition) is 3. The molecule has 0 spiro atoms. The van der Waals surface area contributed by atoms with Gasteiger partial charge in [0.05, 0.1) is 16.3 Å². The van der Waals surface area contributed by atoms with E-state index >= 15 is 0 Å².